The van der Waals surface area contributed by atoms with Crippen LogP contribution in [0.4, 0.5) is 5.69 Å². The third-order valence-electron chi connectivity index (χ3n) is 5.47. The summed E-state index contributed by atoms with van der Waals surface area (Å²) in [5.41, 5.74) is 2.61. The zero-order valence-electron chi connectivity index (χ0n) is 18.2. The highest BCUT2D eigenvalue weighted by Gasteiger charge is 2.16. The number of aromatic amines is 1. The van der Waals surface area contributed by atoms with Gasteiger partial charge in [-0.05, 0) is 42.3 Å². The van der Waals surface area contributed by atoms with Crippen LogP contribution >= 0.6 is 0 Å². The van der Waals surface area contributed by atoms with Crippen molar-refractivity contribution in [3.63, 3.8) is 0 Å². The molecule has 2 heterocycles. The molecule has 8 heteroatoms. The number of carbonyl (C=O) groups excluding carboxylic acids is 1. The van der Waals surface area contributed by atoms with Crippen LogP contribution in [0.25, 0.3) is 11.0 Å². The Morgan fingerprint density at radius 3 is 2.48 bits per heavy atom. The van der Waals surface area contributed by atoms with E-state index in [0.29, 0.717) is 17.7 Å². The molecule has 0 radical (unpaired) electrons. The first kappa shape index (κ1) is 22.0. The van der Waals surface area contributed by atoms with E-state index in [2.05, 4.69) is 26.8 Å². The predicted molar refractivity (Wildman–Crippen MR) is 126 cm³/mol. The van der Waals surface area contributed by atoms with E-state index in [1.807, 2.05) is 18.2 Å². The van der Waals surface area contributed by atoms with Crippen molar-refractivity contribution < 1.29 is 14.7 Å². The van der Waals surface area contributed by atoms with Gasteiger partial charge in [-0.25, -0.2) is 9.78 Å². The Morgan fingerprint density at radius 2 is 1.79 bits per heavy atom. The first-order chi connectivity index (χ1) is 16.0. The molecule has 0 saturated carbocycles. The van der Waals surface area contributed by atoms with Crippen LogP contribution in [0, 0.1) is 0 Å². The molecule has 0 unspecified atom stereocenters. The summed E-state index contributed by atoms with van der Waals surface area (Å²) in [6.07, 6.45) is 4.41. The van der Waals surface area contributed by atoms with E-state index in [1.54, 1.807) is 30.5 Å². The lowest BCUT2D eigenvalue weighted by Crippen LogP contribution is -2.16. The maximum atomic E-state index is 12.6. The molecule has 0 fully saturated rings. The lowest BCUT2D eigenvalue weighted by Gasteiger charge is -2.11. The second-order valence-corrected chi connectivity index (χ2v) is 7.76. The largest absolute Gasteiger partial charge is 0.478 e. The van der Waals surface area contributed by atoms with Gasteiger partial charge >= 0.3 is 5.97 Å². The van der Waals surface area contributed by atoms with Gasteiger partial charge in [0.1, 0.15) is 5.82 Å². The van der Waals surface area contributed by atoms with Crippen molar-refractivity contribution in [2.75, 3.05) is 5.32 Å². The molecule has 4 rings (SSSR count). The fraction of sp³-hybridized carbons (Fsp3) is 0.200. The number of carboxylic acids is 1. The summed E-state index contributed by atoms with van der Waals surface area (Å²) in [4.78, 5) is 43.4. The third-order valence-corrected chi connectivity index (χ3v) is 5.47. The highest BCUT2D eigenvalue weighted by atomic mass is 16.4. The quantitative estimate of drug-likeness (QED) is 0.379. The zero-order chi connectivity index (χ0) is 23.4. The number of rotatable bonds is 8. The number of fused-ring (bicyclic) bond motifs is 1. The standard InChI is InChI=1S/C25H24N4O4/c1-2-3-8-21-28-22-20(13-14-26-24(22)31)29(21)15-16-9-11-17(12-10-16)27-23(30)18-6-4-5-7-19(18)25(32)33/h4-7,9-14H,2-3,8,15H2,1H3,(H,26,31)(H,27,30)(H,32,33). The van der Waals surface area contributed by atoms with Gasteiger partial charge in [-0.1, -0.05) is 37.6 Å². The zero-order valence-corrected chi connectivity index (χ0v) is 18.2. The molecule has 0 saturated heterocycles. The first-order valence-electron chi connectivity index (χ1n) is 10.8. The average molecular weight is 444 g/mol. The van der Waals surface area contributed by atoms with Gasteiger partial charge in [0.25, 0.3) is 11.5 Å². The minimum absolute atomic E-state index is 0.0480. The Kier molecular flexibility index (Phi) is 6.35. The fourth-order valence-electron chi connectivity index (χ4n) is 3.76. The molecule has 168 valence electrons. The Morgan fingerprint density at radius 1 is 1.06 bits per heavy atom. The summed E-state index contributed by atoms with van der Waals surface area (Å²) in [5.74, 6) is -0.769. The van der Waals surface area contributed by atoms with Gasteiger partial charge in [-0.15, -0.1) is 0 Å². The van der Waals surface area contributed by atoms with E-state index >= 15 is 0 Å². The van der Waals surface area contributed by atoms with Crippen LogP contribution in [0.2, 0.25) is 0 Å². The molecular weight excluding hydrogens is 420 g/mol. The average Bonchev–Trinajstić information content (AvgIpc) is 3.17. The molecule has 4 aromatic rings. The molecule has 0 atom stereocenters. The van der Waals surface area contributed by atoms with Gasteiger partial charge in [-0.2, -0.15) is 0 Å². The van der Waals surface area contributed by atoms with Crippen molar-refractivity contribution >= 4 is 28.6 Å². The molecule has 0 spiro atoms. The van der Waals surface area contributed by atoms with E-state index < -0.39 is 11.9 Å². The molecule has 2 aromatic heterocycles. The molecule has 2 aromatic carbocycles. The van der Waals surface area contributed by atoms with E-state index in [9.17, 15) is 19.5 Å². The first-order valence-corrected chi connectivity index (χ1v) is 10.8. The number of hydrogen-bond donors (Lipinski definition) is 3. The number of benzene rings is 2. The maximum absolute atomic E-state index is 12.6. The molecule has 0 aliphatic heterocycles. The number of imidazole rings is 1. The summed E-state index contributed by atoms with van der Waals surface area (Å²) in [7, 11) is 0. The van der Waals surface area contributed by atoms with Gasteiger partial charge in [-0.3, -0.25) is 9.59 Å². The number of H-pyrrole nitrogens is 1. The molecule has 0 aliphatic carbocycles. The van der Waals surface area contributed by atoms with Crippen LogP contribution in [-0.4, -0.2) is 31.5 Å². The Balaban J connectivity index is 1.56. The Hall–Kier alpha value is -4.20. The third kappa shape index (κ3) is 4.69. The molecule has 3 N–H and O–H groups in total. The van der Waals surface area contributed by atoms with E-state index in [-0.39, 0.29) is 16.7 Å². The molecule has 0 aliphatic rings. The van der Waals surface area contributed by atoms with Crippen molar-refractivity contribution in [1.29, 1.82) is 0 Å². The van der Waals surface area contributed by atoms with Crippen LogP contribution in [0.3, 0.4) is 0 Å². The second-order valence-electron chi connectivity index (χ2n) is 7.76. The fourth-order valence-corrected chi connectivity index (χ4v) is 3.76. The van der Waals surface area contributed by atoms with Gasteiger partial charge in [0, 0.05) is 24.8 Å². The number of carbonyl (C=O) groups is 2. The summed E-state index contributed by atoms with van der Waals surface area (Å²) in [6.45, 7) is 2.65. The number of anilines is 1. The molecular formula is C25H24N4O4. The number of nitrogens with one attached hydrogen (secondary N) is 2. The van der Waals surface area contributed by atoms with Gasteiger partial charge in [0.15, 0.2) is 5.52 Å². The molecule has 1 amide bonds. The molecule has 8 nitrogen and oxygen atoms in total. The number of aromatic carboxylic acids is 1. The Labute approximate surface area is 189 Å². The van der Waals surface area contributed by atoms with E-state index in [0.717, 1.165) is 36.2 Å². The van der Waals surface area contributed by atoms with Crippen molar-refractivity contribution in [3.8, 4) is 0 Å². The highest BCUT2D eigenvalue weighted by Crippen LogP contribution is 2.19. The van der Waals surface area contributed by atoms with E-state index in [1.165, 1.54) is 12.1 Å². The van der Waals surface area contributed by atoms with Crippen LogP contribution in [-0.2, 0) is 13.0 Å². The summed E-state index contributed by atoms with van der Waals surface area (Å²) >= 11 is 0. The topological polar surface area (TPSA) is 117 Å². The van der Waals surface area contributed by atoms with Gasteiger partial charge in [0.2, 0.25) is 0 Å². The summed E-state index contributed by atoms with van der Waals surface area (Å²) < 4.78 is 2.05. The second kappa shape index (κ2) is 9.52. The summed E-state index contributed by atoms with van der Waals surface area (Å²) in [6, 6.07) is 15.3. The van der Waals surface area contributed by atoms with Crippen molar-refractivity contribution in [2.45, 2.75) is 32.7 Å². The van der Waals surface area contributed by atoms with Crippen molar-refractivity contribution in [2.24, 2.45) is 0 Å². The minimum atomic E-state index is -1.15. The van der Waals surface area contributed by atoms with Crippen LogP contribution in [0.5, 0.6) is 0 Å². The van der Waals surface area contributed by atoms with Crippen LogP contribution in [0.1, 0.15) is 51.9 Å². The molecule has 0 bridgehead atoms. The Bertz CT molecular complexity index is 1370. The van der Waals surface area contributed by atoms with Gasteiger partial charge < -0.3 is 20.0 Å². The maximum Gasteiger partial charge on any atom is 0.336 e. The van der Waals surface area contributed by atoms with Crippen molar-refractivity contribution in [1.82, 2.24) is 14.5 Å². The summed E-state index contributed by atoms with van der Waals surface area (Å²) in [5, 5.41) is 12.0. The number of pyridine rings is 1. The number of unbranched alkanes of at least 4 members (excludes halogenated alkanes) is 1. The van der Waals surface area contributed by atoms with Crippen LogP contribution in [0.15, 0.2) is 65.6 Å². The molecule has 33 heavy (non-hydrogen) atoms. The van der Waals surface area contributed by atoms with Crippen LogP contribution < -0.4 is 10.9 Å². The minimum Gasteiger partial charge on any atom is -0.478 e. The normalized spacial score (nSPS) is 10.9. The number of hydrogen-bond acceptors (Lipinski definition) is 4. The lowest BCUT2D eigenvalue weighted by atomic mass is 10.1. The highest BCUT2D eigenvalue weighted by molar-refractivity contribution is 6.10. The monoisotopic (exact) mass is 444 g/mol. The lowest BCUT2D eigenvalue weighted by molar-refractivity contribution is 0.0692. The van der Waals surface area contributed by atoms with E-state index in [4.69, 9.17) is 0 Å². The number of nitrogens with zero attached hydrogens (tertiary/aromatic N) is 2. The number of aromatic nitrogens is 3. The van der Waals surface area contributed by atoms with Crippen molar-refractivity contribution in [3.05, 3.63) is 93.7 Å². The number of amides is 1. The predicted octanol–water partition coefficient (Wildman–Crippen LogP) is 4.07. The number of aryl methyl sites for hydroxylation is 1. The number of carboxylic acid groups (broad SMARTS) is 1. The SMILES string of the molecule is CCCCc1nc2c(=O)[nH]ccc2n1Cc1ccc(NC(=O)c2ccccc2C(=O)O)cc1. The smallest absolute Gasteiger partial charge is 0.336 e. The van der Waals surface area contributed by atoms with Gasteiger partial charge in [0.05, 0.1) is 16.6 Å².